The molecule has 1 saturated heterocycles. The number of carbonyl (C=O) groups is 2. The highest BCUT2D eigenvalue weighted by Gasteiger charge is 2.40. The van der Waals surface area contributed by atoms with Gasteiger partial charge in [0.1, 0.15) is 34.1 Å². The molecule has 1 aliphatic rings. The Morgan fingerprint density at radius 1 is 0.912 bits per heavy atom. The van der Waals surface area contributed by atoms with Gasteiger partial charge in [0, 0.05) is 11.4 Å². The van der Waals surface area contributed by atoms with Gasteiger partial charge in [0.05, 0.1) is 5.25 Å². The van der Waals surface area contributed by atoms with Gasteiger partial charge in [-0.1, -0.05) is 23.9 Å². The number of benzene rings is 3. The number of halogens is 3. The Bertz CT molecular complexity index is 1300. The third kappa shape index (κ3) is 4.97. The molecule has 3 aromatic rings. The largest absolute Gasteiger partial charge is 0.321 e. The topological polar surface area (TPSA) is 73.2 Å². The Hall–Kier alpha value is -4.03. The monoisotopic (exact) mass is 479 g/mol. The third-order valence-corrected chi connectivity index (χ3v) is 6.29. The van der Waals surface area contributed by atoms with Crippen LogP contribution >= 0.6 is 11.8 Å². The highest BCUT2D eigenvalue weighted by Crippen LogP contribution is 2.42. The molecule has 1 fully saturated rings. The molecule has 1 N–H and O–H groups in total. The maximum atomic E-state index is 13.5. The molecule has 5 nitrogen and oxygen atoms in total. The van der Waals surface area contributed by atoms with Gasteiger partial charge >= 0.3 is 0 Å². The van der Waals surface area contributed by atoms with Crippen LogP contribution < -0.4 is 10.2 Å². The van der Waals surface area contributed by atoms with E-state index >= 15 is 0 Å². The Morgan fingerprint density at radius 3 is 2.00 bits per heavy atom. The second-order valence-corrected chi connectivity index (χ2v) is 8.53. The fraction of sp³-hybridized carbons (Fsp3) is 0.0800. The predicted molar refractivity (Wildman–Crippen MR) is 123 cm³/mol. The Balaban J connectivity index is 1.71. The summed E-state index contributed by atoms with van der Waals surface area (Å²) < 4.78 is 40.0. The lowest BCUT2D eigenvalue weighted by Gasteiger charge is -2.18. The van der Waals surface area contributed by atoms with Gasteiger partial charge in [0.2, 0.25) is 5.91 Å². The number of nitrogens with zero attached hydrogens (tertiary/aromatic N) is 2. The molecular weight excluding hydrogens is 463 g/mol. The Morgan fingerprint density at radius 2 is 1.44 bits per heavy atom. The van der Waals surface area contributed by atoms with E-state index in [2.05, 4.69) is 5.32 Å². The molecule has 0 aliphatic carbocycles. The normalized spacial score (nSPS) is 16.8. The standard InChI is InChI=1S/C25H16F3N3O2S/c26-16-3-1-15(2-4-16)13-22-24(33)31(20-11-7-18(28)8-12-20)25(34-22)21(14-29)23(32)30-19-9-5-17(27)6-10-19/h1-12,22H,13H2,(H,30,32). The summed E-state index contributed by atoms with van der Waals surface area (Å²) in [5, 5.41) is 11.7. The minimum Gasteiger partial charge on any atom is -0.321 e. The number of thioether (sulfide) groups is 1. The van der Waals surface area contributed by atoms with E-state index in [-0.39, 0.29) is 28.4 Å². The van der Waals surface area contributed by atoms with Crippen molar-refractivity contribution in [3.05, 3.63) is 106 Å². The van der Waals surface area contributed by atoms with E-state index in [1.807, 2.05) is 6.07 Å². The molecule has 170 valence electrons. The first kappa shape index (κ1) is 23.1. The molecule has 4 rings (SSSR count). The SMILES string of the molecule is N#CC(C(=O)Nc1ccc(F)cc1)=C1SC(Cc2ccc(F)cc2)C(=O)N1c1ccc(F)cc1. The molecule has 1 unspecified atom stereocenters. The van der Waals surface area contributed by atoms with E-state index in [1.54, 1.807) is 12.1 Å². The van der Waals surface area contributed by atoms with Gasteiger partial charge < -0.3 is 5.32 Å². The number of amides is 2. The van der Waals surface area contributed by atoms with Crippen molar-refractivity contribution in [1.29, 1.82) is 5.26 Å². The third-order valence-electron chi connectivity index (χ3n) is 5.03. The van der Waals surface area contributed by atoms with Crippen LogP contribution in [-0.2, 0) is 16.0 Å². The average molecular weight is 479 g/mol. The van der Waals surface area contributed by atoms with Crippen molar-refractivity contribution >= 4 is 35.0 Å². The molecule has 2 amide bonds. The van der Waals surface area contributed by atoms with Gasteiger partial charge in [-0.3, -0.25) is 14.5 Å². The van der Waals surface area contributed by atoms with E-state index in [1.165, 1.54) is 53.4 Å². The molecule has 1 heterocycles. The van der Waals surface area contributed by atoms with Crippen molar-refractivity contribution in [2.24, 2.45) is 0 Å². The van der Waals surface area contributed by atoms with Gasteiger partial charge in [-0.05, 0) is 72.6 Å². The van der Waals surface area contributed by atoms with Crippen molar-refractivity contribution in [3.63, 3.8) is 0 Å². The van der Waals surface area contributed by atoms with Crippen LogP contribution in [0.25, 0.3) is 0 Å². The second-order valence-electron chi connectivity index (χ2n) is 7.34. The van der Waals surface area contributed by atoms with Gasteiger partial charge in [-0.25, -0.2) is 13.2 Å². The molecule has 34 heavy (non-hydrogen) atoms. The van der Waals surface area contributed by atoms with Gasteiger partial charge in [-0.15, -0.1) is 0 Å². The van der Waals surface area contributed by atoms with Gasteiger partial charge in [0.25, 0.3) is 5.91 Å². The van der Waals surface area contributed by atoms with Crippen LogP contribution in [0.1, 0.15) is 5.56 Å². The molecular formula is C25H16F3N3O2S. The van der Waals surface area contributed by atoms with Crippen LogP contribution in [0.2, 0.25) is 0 Å². The summed E-state index contributed by atoms with van der Waals surface area (Å²) in [5.41, 5.74) is 0.929. The summed E-state index contributed by atoms with van der Waals surface area (Å²) in [6.45, 7) is 0. The van der Waals surface area contributed by atoms with Crippen LogP contribution in [-0.4, -0.2) is 17.1 Å². The molecule has 9 heteroatoms. The number of nitriles is 1. The number of hydrogen-bond acceptors (Lipinski definition) is 4. The zero-order valence-electron chi connectivity index (χ0n) is 17.5. The summed E-state index contributed by atoms with van der Waals surface area (Å²) in [6, 6.07) is 17.6. The van der Waals surface area contributed by atoms with E-state index in [0.717, 1.165) is 23.9 Å². The zero-order chi connectivity index (χ0) is 24.2. The first-order valence-electron chi connectivity index (χ1n) is 10.1. The maximum Gasteiger partial charge on any atom is 0.269 e. The number of rotatable bonds is 5. The second kappa shape index (κ2) is 9.85. The van der Waals surface area contributed by atoms with Crippen molar-refractivity contribution in [2.45, 2.75) is 11.7 Å². The van der Waals surface area contributed by atoms with E-state index in [0.29, 0.717) is 5.56 Å². The number of carbonyl (C=O) groups excluding carboxylic acids is 2. The molecule has 0 radical (unpaired) electrons. The number of nitrogens with one attached hydrogen (secondary N) is 1. The lowest BCUT2D eigenvalue weighted by Crippen LogP contribution is -2.30. The maximum absolute atomic E-state index is 13.5. The van der Waals surface area contributed by atoms with Crippen molar-refractivity contribution in [2.75, 3.05) is 10.2 Å². The molecule has 0 bridgehead atoms. The van der Waals surface area contributed by atoms with Crippen LogP contribution in [0, 0.1) is 28.8 Å². The summed E-state index contributed by atoms with van der Waals surface area (Å²) in [4.78, 5) is 27.5. The lowest BCUT2D eigenvalue weighted by atomic mass is 10.1. The van der Waals surface area contributed by atoms with Crippen LogP contribution in [0.4, 0.5) is 24.5 Å². The van der Waals surface area contributed by atoms with Crippen LogP contribution in [0.15, 0.2) is 83.4 Å². The number of anilines is 2. The van der Waals surface area contributed by atoms with Gasteiger partial charge in [-0.2, -0.15) is 5.26 Å². The van der Waals surface area contributed by atoms with Crippen molar-refractivity contribution in [3.8, 4) is 6.07 Å². The van der Waals surface area contributed by atoms with Crippen LogP contribution in [0.5, 0.6) is 0 Å². The first-order valence-corrected chi connectivity index (χ1v) is 11.0. The number of hydrogen-bond donors (Lipinski definition) is 1. The fourth-order valence-electron chi connectivity index (χ4n) is 3.37. The summed E-state index contributed by atoms with van der Waals surface area (Å²) in [5.74, 6) is -2.59. The van der Waals surface area contributed by atoms with Gasteiger partial charge in [0.15, 0.2) is 0 Å². The Labute approximate surface area is 197 Å². The molecule has 1 aliphatic heterocycles. The fourth-order valence-corrected chi connectivity index (χ4v) is 4.68. The summed E-state index contributed by atoms with van der Waals surface area (Å²) in [6.07, 6.45) is 0.225. The zero-order valence-corrected chi connectivity index (χ0v) is 18.3. The first-order chi connectivity index (χ1) is 16.4. The molecule has 0 spiro atoms. The minimum atomic E-state index is -0.779. The quantitative estimate of drug-likeness (QED) is 0.405. The molecule has 0 aromatic heterocycles. The van der Waals surface area contributed by atoms with E-state index < -0.39 is 34.5 Å². The predicted octanol–water partition coefficient (Wildman–Crippen LogP) is 5.17. The summed E-state index contributed by atoms with van der Waals surface area (Å²) >= 11 is 1.02. The highest BCUT2D eigenvalue weighted by atomic mass is 32.2. The molecule has 1 atom stereocenters. The van der Waals surface area contributed by atoms with Crippen molar-refractivity contribution in [1.82, 2.24) is 0 Å². The molecule has 3 aromatic carbocycles. The Kier molecular flexibility index (Phi) is 6.70. The van der Waals surface area contributed by atoms with E-state index in [9.17, 15) is 28.0 Å². The minimum absolute atomic E-state index is 0.0887. The molecule has 0 saturated carbocycles. The van der Waals surface area contributed by atoms with Crippen LogP contribution in [0.3, 0.4) is 0 Å². The lowest BCUT2D eigenvalue weighted by molar-refractivity contribution is -0.117. The summed E-state index contributed by atoms with van der Waals surface area (Å²) in [7, 11) is 0. The van der Waals surface area contributed by atoms with Crippen molar-refractivity contribution < 1.29 is 22.8 Å². The smallest absolute Gasteiger partial charge is 0.269 e. The van der Waals surface area contributed by atoms with E-state index in [4.69, 9.17) is 0 Å². The highest BCUT2D eigenvalue weighted by molar-refractivity contribution is 8.05. The average Bonchev–Trinajstić information content (AvgIpc) is 3.13.